The molecule has 0 fully saturated rings. The van der Waals surface area contributed by atoms with Crippen molar-refractivity contribution in [3.05, 3.63) is 83.7 Å². The zero-order chi connectivity index (χ0) is 17.8. The van der Waals surface area contributed by atoms with Crippen molar-refractivity contribution in [3.63, 3.8) is 0 Å². The number of benzene rings is 4. The summed E-state index contributed by atoms with van der Waals surface area (Å²) in [6.45, 7) is 6.46. The third kappa shape index (κ3) is 1.96. The molecule has 1 aromatic heterocycles. The summed E-state index contributed by atoms with van der Waals surface area (Å²) < 4.78 is 2.34. The molecule has 5 rings (SSSR count). The van der Waals surface area contributed by atoms with Gasteiger partial charge in [0.05, 0.1) is 16.7 Å². The highest BCUT2D eigenvalue weighted by Crippen LogP contribution is 2.37. The minimum atomic E-state index is 1.03. The highest BCUT2D eigenvalue weighted by molar-refractivity contribution is 6.23. The smallest absolute Gasteiger partial charge is 0.111 e. The highest BCUT2D eigenvalue weighted by Gasteiger charge is 2.18. The first-order valence-electron chi connectivity index (χ1n) is 9.02. The van der Waals surface area contributed by atoms with E-state index in [9.17, 15) is 0 Å². The zero-order valence-electron chi connectivity index (χ0n) is 15.2. The maximum absolute atomic E-state index is 5.01. The van der Waals surface area contributed by atoms with Crippen LogP contribution in [-0.2, 0) is 0 Å². The number of hydrogen-bond donors (Lipinski definition) is 0. The molecule has 0 unspecified atom stereocenters. The van der Waals surface area contributed by atoms with E-state index in [2.05, 4.69) is 92.1 Å². The minimum absolute atomic E-state index is 1.03. The molecule has 0 bridgehead atoms. The molecule has 2 nitrogen and oxygen atoms in total. The Hall–Kier alpha value is -3.13. The van der Waals surface area contributed by atoms with E-state index < -0.39 is 0 Å². The van der Waals surface area contributed by atoms with Crippen LogP contribution in [0.4, 0.5) is 0 Å². The second-order valence-corrected chi connectivity index (χ2v) is 7.02. The van der Waals surface area contributed by atoms with E-state index in [0.717, 1.165) is 11.3 Å². The molecule has 0 aliphatic rings. The van der Waals surface area contributed by atoms with Crippen molar-refractivity contribution < 1.29 is 0 Å². The molecular weight excluding hydrogens is 316 g/mol. The predicted octanol–water partition coefficient (Wildman–Crippen LogP) is 6.26. The van der Waals surface area contributed by atoms with Gasteiger partial charge in [0.25, 0.3) is 0 Å². The van der Waals surface area contributed by atoms with Crippen molar-refractivity contribution in [1.82, 2.24) is 9.55 Å². The van der Waals surface area contributed by atoms with Crippen LogP contribution >= 0.6 is 0 Å². The molecule has 0 atom stereocenters. The number of para-hydroxylation sites is 1. The predicted molar refractivity (Wildman–Crippen MR) is 110 cm³/mol. The molecule has 1 heterocycles. The second-order valence-electron chi connectivity index (χ2n) is 7.02. The van der Waals surface area contributed by atoms with Crippen molar-refractivity contribution >= 4 is 32.6 Å². The molecule has 2 heteroatoms. The Morgan fingerprint density at radius 3 is 1.81 bits per heavy atom. The van der Waals surface area contributed by atoms with Crippen LogP contribution in [0.15, 0.2) is 66.7 Å². The first-order valence-corrected chi connectivity index (χ1v) is 9.02. The molecule has 0 radical (unpaired) electrons. The third-order valence-electron chi connectivity index (χ3n) is 5.36. The zero-order valence-corrected chi connectivity index (χ0v) is 15.2. The molecule has 0 N–H and O–H groups in total. The Balaban J connectivity index is 2.10. The number of fused-ring (bicyclic) bond motifs is 6. The summed E-state index contributed by atoms with van der Waals surface area (Å²) in [4.78, 5) is 5.01. The van der Waals surface area contributed by atoms with E-state index in [1.807, 2.05) is 0 Å². The number of nitrogens with zero attached hydrogens (tertiary/aromatic N) is 2. The van der Waals surface area contributed by atoms with Crippen LogP contribution in [0.1, 0.15) is 17.0 Å². The van der Waals surface area contributed by atoms with Crippen LogP contribution < -0.4 is 0 Å². The quantitative estimate of drug-likeness (QED) is 0.330. The molecule has 0 aliphatic heterocycles. The summed E-state index contributed by atoms with van der Waals surface area (Å²) in [5.41, 5.74) is 6.07. The van der Waals surface area contributed by atoms with Crippen molar-refractivity contribution in [2.45, 2.75) is 20.8 Å². The van der Waals surface area contributed by atoms with Gasteiger partial charge in [-0.1, -0.05) is 66.7 Å². The monoisotopic (exact) mass is 336 g/mol. The Bertz CT molecular complexity index is 1290. The molecule has 0 saturated carbocycles. The lowest BCUT2D eigenvalue weighted by Crippen LogP contribution is -2.02. The molecule has 26 heavy (non-hydrogen) atoms. The second kappa shape index (κ2) is 5.43. The fourth-order valence-corrected chi connectivity index (χ4v) is 4.25. The SMILES string of the molecule is Cc1cccc(C)c1-n1c(C)nc2c3ccccc3c3ccccc3c21. The number of hydrogen-bond acceptors (Lipinski definition) is 1. The van der Waals surface area contributed by atoms with Gasteiger partial charge in [0, 0.05) is 10.8 Å². The van der Waals surface area contributed by atoms with Crippen LogP contribution in [-0.4, -0.2) is 9.55 Å². The van der Waals surface area contributed by atoms with Crippen molar-refractivity contribution in [3.8, 4) is 5.69 Å². The van der Waals surface area contributed by atoms with Crippen LogP contribution in [0.2, 0.25) is 0 Å². The number of aryl methyl sites for hydroxylation is 3. The number of aromatic nitrogens is 2. The molecule has 126 valence electrons. The molecule has 0 aliphatic carbocycles. The highest BCUT2D eigenvalue weighted by atomic mass is 15.1. The van der Waals surface area contributed by atoms with Crippen LogP contribution in [0.3, 0.4) is 0 Å². The van der Waals surface area contributed by atoms with Crippen molar-refractivity contribution in [2.24, 2.45) is 0 Å². The minimum Gasteiger partial charge on any atom is -0.295 e. The standard InChI is InChI=1S/C24H20N2/c1-15-9-8-10-16(2)23(15)26-17(3)25-22-20-13-6-4-11-18(20)19-12-5-7-14-21(19)24(22)26/h4-14H,1-3H3. The Morgan fingerprint density at radius 1 is 0.615 bits per heavy atom. The van der Waals surface area contributed by atoms with Crippen LogP contribution in [0.5, 0.6) is 0 Å². The van der Waals surface area contributed by atoms with E-state index in [4.69, 9.17) is 4.98 Å². The number of imidazole rings is 1. The van der Waals surface area contributed by atoms with Gasteiger partial charge in [0.15, 0.2) is 0 Å². The average molecular weight is 336 g/mol. The summed E-state index contributed by atoms with van der Waals surface area (Å²) in [6, 6.07) is 23.7. The average Bonchev–Trinajstić information content (AvgIpc) is 2.99. The van der Waals surface area contributed by atoms with E-state index in [0.29, 0.717) is 0 Å². The summed E-state index contributed by atoms with van der Waals surface area (Å²) in [7, 11) is 0. The van der Waals surface area contributed by atoms with Gasteiger partial charge in [-0.2, -0.15) is 0 Å². The van der Waals surface area contributed by atoms with E-state index in [-0.39, 0.29) is 0 Å². The van der Waals surface area contributed by atoms with E-state index >= 15 is 0 Å². The topological polar surface area (TPSA) is 17.8 Å². The van der Waals surface area contributed by atoms with Gasteiger partial charge in [0.2, 0.25) is 0 Å². The van der Waals surface area contributed by atoms with Crippen molar-refractivity contribution in [2.75, 3.05) is 0 Å². The summed E-state index contributed by atoms with van der Waals surface area (Å²) >= 11 is 0. The molecule has 0 saturated heterocycles. The Labute approximate surface area is 152 Å². The van der Waals surface area contributed by atoms with Gasteiger partial charge >= 0.3 is 0 Å². The van der Waals surface area contributed by atoms with Crippen LogP contribution in [0, 0.1) is 20.8 Å². The van der Waals surface area contributed by atoms with Gasteiger partial charge < -0.3 is 0 Å². The summed E-state index contributed by atoms with van der Waals surface area (Å²) in [6.07, 6.45) is 0. The van der Waals surface area contributed by atoms with Crippen LogP contribution in [0.25, 0.3) is 38.3 Å². The van der Waals surface area contributed by atoms with Crippen molar-refractivity contribution in [1.29, 1.82) is 0 Å². The largest absolute Gasteiger partial charge is 0.295 e. The summed E-state index contributed by atoms with van der Waals surface area (Å²) in [5.74, 6) is 1.03. The fraction of sp³-hybridized carbons (Fsp3) is 0.125. The summed E-state index contributed by atoms with van der Waals surface area (Å²) in [5, 5.41) is 5.02. The molecule has 0 spiro atoms. The maximum Gasteiger partial charge on any atom is 0.111 e. The number of rotatable bonds is 1. The molecule has 4 aromatic carbocycles. The van der Waals surface area contributed by atoms with Gasteiger partial charge in [-0.25, -0.2) is 4.98 Å². The van der Waals surface area contributed by atoms with Gasteiger partial charge in [-0.15, -0.1) is 0 Å². The lowest BCUT2D eigenvalue weighted by molar-refractivity contribution is 0.981. The normalized spacial score (nSPS) is 11.7. The Morgan fingerprint density at radius 2 is 1.15 bits per heavy atom. The maximum atomic E-state index is 5.01. The molecule has 0 amide bonds. The lowest BCUT2D eigenvalue weighted by atomic mass is 9.99. The van der Waals surface area contributed by atoms with Gasteiger partial charge in [-0.05, 0) is 42.7 Å². The van der Waals surface area contributed by atoms with Gasteiger partial charge in [-0.3, -0.25) is 4.57 Å². The first kappa shape index (κ1) is 15.2. The third-order valence-corrected chi connectivity index (χ3v) is 5.36. The van der Waals surface area contributed by atoms with Gasteiger partial charge in [0.1, 0.15) is 5.82 Å². The molecular formula is C24H20N2. The van der Waals surface area contributed by atoms with E-state index in [1.54, 1.807) is 0 Å². The Kier molecular flexibility index (Phi) is 3.17. The fourth-order valence-electron chi connectivity index (χ4n) is 4.25. The first-order chi connectivity index (χ1) is 12.7. The lowest BCUT2D eigenvalue weighted by Gasteiger charge is -2.15. The molecule has 5 aromatic rings. The van der Waals surface area contributed by atoms with E-state index in [1.165, 1.54) is 43.9 Å².